The van der Waals surface area contributed by atoms with Crippen molar-refractivity contribution in [2.45, 2.75) is 51.9 Å². The van der Waals surface area contributed by atoms with Crippen molar-refractivity contribution < 1.29 is 0 Å². The maximum atomic E-state index is 2.46. The lowest BCUT2D eigenvalue weighted by Gasteiger charge is -2.44. The molecule has 0 unspecified atom stereocenters. The van der Waals surface area contributed by atoms with Gasteiger partial charge in [0, 0.05) is 10.3 Å². The molecule has 0 aromatic heterocycles. The van der Waals surface area contributed by atoms with E-state index in [0.29, 0.717) is 10.3 Å². The maximum absolute atomic E-state index is 2.46. The molecule has 22 heavy (non-hydrogen) atoms. The van der Waals surface area contributed by atoms with Crippen molar-refractivity contribution in [3.05, 3.63) is 48.5 Å². The van der Waals surface area contributed by atoms with E-state index < -0.39 is 14.2 Å². The van der Waals surface area contributed by atoms with Crippen molar-refractivity contribution in [3.8, 4) is 11.1 Å². The Morgan fingerprint density at radius 3 is 1.36 bits per heavy atom. The fourth-order valence-corrected chi connectivity index (χ4v) is 10.7. The molecule has 0 amide bonds. The highest BCUT2D eigenvalue weighted by molar-refractivity contribution is 7.96. The molecule has 0 spiro atoms. The van der Waals surface area contributed by atoms with E-state index in [2.05, 4.69) is 90.1 Å². The molecule has 0 saturated carbocycles. The van der Waals surface area contributed by atoms with Crippen molar-refractivity contribution in [1.82, 2.24) is 0 Å². The van der Waals surface area contributed by atoms with Gasteiger partial charge < -0.3 is 0 Å². The van der Waals surface area contributed by atoms with Crippen LogP contribution in [0.15, 0.2) is 48.5 Å². The van der Waals surface area contributed by atoms with Crippen LogP contribution in [0.25, 0.3) is 11.1 Å². The second-order valence-corrected chi connectivity index (χ2v) is 13.5. The number of rotatable bonds is 1. The van der Waals surface area contributed by atoms with Gasteiger partial charge in [-0.1, -0.05) is 59.7 Å². The van der Waals surface area contributed by atoms with Crippen LogP contribution in [0, 0.1) is 0 Å². The monoisotopic (exact) mass is 310 g/mol. The Bertz CT molecular complexity index is 632. The van der Waals surface area contributed by atoms with Crippen LogP contribution in [0.4, 0.5) is 0 Å². The normalized spacial score (nSPS) is 15.0. The Kier molecular flexibility index (Phi) is 3.77. The third-order valence-electron chi connectivity index (χ3n) is 5.25. The SMILES string of the molecule is CC(C)(C)[PH+]([BH-]1c2ccccc2-c2ccccc21)C(C)(C)C. The molecule has 0 aliphatic carbocycles. The summed E-state index contributed by atoms with van der Waals surface area (Å²) in [5.41, 5.74) is 6.27. The summed E-state index contributed by atoms with van der Waals surface area (Å²) in [7, 11) is -0.594. The number of hydrogen-bond donors (Lipinski definition) is 0. The molecule has 0 atom stereocenters. The first-order chi connectivity index (χ1) is 10.2. The summed E-state index contributed by atoms with van der Waals surface area (Å²) in [5, 5.41) is 0.793. The molecule has 0 saturated heterocycles. The van der Waals surface area contributed by atoms with Gasteiger partial charge in [-0.05, 0) is 41.5 Å². The molecule has 1 aliphatic heterocycles. The lowest BCUT2D eigenvalue weighted by atomic mass is 9.65. The summed E-state index contributed by atoms with van der Waals surface area (Å²) >= 11 is 0. The van der Waals surface area contributed by atoms with Crippen LogP contribution in [-0.4, -0.2) is 16.7 Å². The second-order valence-electron chi connectivity index (χ2n) is 8.82. The Hall–Kier alpha value is -1.07. The third kappa shape index (κ3) is 2.54. The Morgan fingerprint density at radius 2 is 1.00 bits per heavy atom. The van der Waals surface area contributed by atoms with Gasteiger partial charge in [-0.2, -0.15) is 10.9 Å². The molecule has 116 valence electrons. The third-order valence-corrected chi connectivity index (χ3v) is 10.3. The minimum atomic E-state index is -0.594. The standard InChI is InChI=1S/C20H28BP/c1-19(2,3)22(20(4,5)6)21-17-13-9-7-11-15(17)16-12-8-10-14-18(16)21/h7-14,21-22H,1-6H3. The van der Waals surface area contributed by atoms with Crippen LogP contribution in [-0.2, 0) is 0 Å². The summed E-state index contributed by atoms with van der Waals surface area (Å²) in [4.78, 5) is 0. The molecule has 0 radical (unpaired) electrons. The van der Waals surface area contributed by atoms with E-state index in [4.69, 9.17) is 0 Å². The molecule has 1 aliphatic rings. The fraction of sp³-hybridized carbons (Fsp3) is 0.400. The molecule has 0 bridgehead atoms. The fourth-order valence-electron chi connectivity index (χ4n) is 4.95. The van der Waals surface area contributed by atoms with Crippen molar-refractivity contribution in [2.24, 2.45) is 0 Å². The zero-order valence-corrected chi connectivity index (χ0v) is 15.8. The lowest BCUT2D eigenvalue weighted by Crippen LogP contribution is -2.45. The molecule has 2 aromatic carbocycles. The summed E-state index contributed by atoms with van der Waals surface area (Å²) in [6.07, 6.45) is -0.446. The maximum Gasteiger partial charge on any atom is 0.206 e. The quantitative estimate of drug-likeness (QED) is 0.544. The summed E-state index contributed by atoms with van der Waals surface area (Å²) in [6.45, 7) is 14.8. The highest BCUT2D eigenvalue weighted by Crippen LogP contribution is 2.61. The summed E-state index contributed by atoms with van der Waals surface area (Å²) in [5.74, 6) is 0. The topological polar surface area (TPSA) is 0 Å². The molecule has 3 rings (SSSR count). The molecule has 1 heterocycles. The van der Waals surface area contributed by atoms with Gasteiger partial charge in [-0.3, -0.25) is 0 Å². The molecular weight excluding hydrogens is 282 g/mol. The van der Waals surface area contributed by atoms with Crippen molar-refractivity contribution in [2.75, 3.05) is 0 Å². The van der Waals surface area contributed by atoms with E-state index >= 15 is 0 Å². The summed E-state index contributed by atoms with van der Waals surface area (Å²) < 4.78 is 0. The molecule has 2 aromatic rings. The molecule has 0 fully saturated rings. The zero-order valence-electron chi connectivity index (χ0n) is 14.8. The zero-order chi connectivity index (χ0) is 16.1. The van der Waals surface area contributed by atoms with Crippen LogP contribution in [0.3, 0.4) is 0 Å². The van der Waals surface area contributed by atoms with E-state index in [-0.39, 0.29) is 0 Å². The van der Waals surface area contributed by atoms with Crippen molar-refractivity contribution in [3.63, 3.8) is 0 Å². The van der Waals surface area contributed by atoms with Crippen LogP contribution in [0.2, 0.25) is 0 Å². The van der Waals surface area contributed by atoms with E-state index in [1.165, 1.54) is 11.1 Å². The molecular formula is C20H28BP. The predicted molar refractivity (Wildman–Crippen MR) is 106 cm³/mol. The van der Waals surface area contributed by atoms with Gasteiger partial charge in [-0.15, -0.1) is 7.80 Å². The van der Waals surface area contributed by atoms with Gasteiger partial charge in [0.15, 0.2) is 0 Å². The van der Waals surface area contributed by atoms with Gasteiger partial charge in [0.2, 0.25) is 6.43 Å². The van der Waals surface area contributed by atoms with E-state index in [1.807, 2.05) is 0 Å². The van der Waals surface area contributed by atoms with Gasteiger partial charge in [0.05, 0.1) is 0 Å². The smallest absolute Gasteiger partial charge is 0.157 e. The Morgan fingerprint density at radius 1 is 0.636 bits per heavy atom. The minimum absolute atomic E-state index is 0.396. The average Bonchev–Trinajstić information content (AvgIpc) is 2.72. The van der Waals surface area contributed by atoms with E-state index in [1.54, 1.807) is 10.9 Å². The first-order valence-corrected chi connectivity index (χ1v) is 10.2. The average molecular weight is 310 g/mol. The summed E-state index contributed by atoms with van der Waals surface area (Å²) in [6, 6.07) is 18.3. The molecule has 0 nitrogen and oxygen atoms in total. The Balaban J connectivity index is 2.26. The number of fused-ring (bicyclic) bond motifs is 3. The molecule has 2 heteroatoms. The lowest BCUT2D eigenvalue weighted by molar-refractivity contribution is 0.718. The highest BCUT2D eigenvalue weighted by Gasteiger charge is 2.46. The van der Waals surface area contributed by atoms with E-state index in [0.717, 1.165) is 0 Å². The van der Waals surface area contributed by atoms with Gasteiger partial charge >= 0.3 is 0 Å². The first-order valence-electron chi connectivity index (χ1n) is 8.47. The van der Waals surface area contributed by atoms with Gasteiger partial charge in [0.25, 0.3) is 0 Å². The number of benzene rings is 2. The van der Waals surface area contributed by atoms with Gasteiger partial charge in [0.1, 0.15) is 0 Å². The van der Waals surface area contributed by atoms with Crippen LogP contribution in [0.1, 0.15) is 41.5 Å². The van der Waals surface area contributed by atoms with Crippen LogP contribution < -0.4 is 10.9 Å². The van der Waals surface area contributed by atoms with Crippen molar-refractivity contribution >= 4 is 25.2 Å². The van der Waals surface area contributed by atoms with Gasteiger partial charge in [-0.25, -0.2) is 0 Å². The highest BCUT2D eigenvalue weighted by atomic mass is 31.1. The molecule has 0 N–H and O–H groups in total. The van der Waals surface area contributed by atoms with E-state index in [9.17, 15) is 0 Å². The first kappa shape index (κ1) is 15.8. The minimum Gasteiger partial charge on any atom is -0.157 e. The number of hydrogen-bond acceptors (Lipinski definition) is 0. The second kappa shape index (κ2) is 5.24. The predicted octanol–water partition coefficient (Wildman–Crippen LogP) is 4.32. The van der Waals surface area contributed by atoms with Crippen LogP contribution >= 0.6 is 7.80 Å². The largest absolute Gasteiger partial charge is 0.206 e. The van der Waals surface area contributed by atoms with Crippen LogP contribution in [0.5, 0.6) is 0 Å². The van der Waals surface area contributed by atoms with Crippen molar-refractivity contribution in [1.29, 1.82) is 0 Å². The Labute approximate surface area is 137 Å².